The maximum absolute atomic E-state index is 12.9. The summed E-state index contributed by atoms with van der Waals surface area (Å²) in [7, 11) is 0. The molecule has 2 aromatic carbocycles. The van der Waals surface area contributed by atoms with Gasteiger partial charge in [-0.25, -0.2) is 9.67 Å². The van der Waals surface area contributed by atoms with Gasteiger partial charge in [0.15, 0.2) is 4.34 Å². The average Bonchev–Trinajstić information content (AvgIpc) is 3.56. The van der Waals surface area contributed by atoms with Gasteiger partial charge >= 0.3 is 5.97 Å². The number of hydrogen-bond acceptors (Lipinski definition) is 7. The maximum Gasteiger partial charge on any atom is 0.327 e. The molecule has 0 N–H and O–H groups in total. The van der Waals surface area contributed by atoms with Gasteiger partial charge in [0, 0.05) is 17.4 Å². The zero-order chi connectivity index (χ0) is 27.9. The molecule has 6 rings (SSSR count). The second-order valence-corrected chi connectivity index (χ2v) is 14.6. The van der Waals surface area contributed by atoms with Crippen LogP contribution in [0.15, 0.2) is 53.0 Å². The highest BCUT2D eigenvalue weighted by Gasteiger charge is 2.52. The van der Waals surface area contributed by atoms with Crippen molar-refractivity contribution in [1.29, 1.82) is 0 Å². The van der Waals surface area contributed by atoms with Crippen LogP contribution in [0.3, 0.4) is 0 Å². The lowest BCUT2D eigenvalue weighted by atomic mass is 9.50. The second-order valence-electron chi connectivity index (χ2n) is 12.4. The molecule has 0 bridgehead atoms. The number of carbonyl (C=O) groups excluding carboxylic acids is 1. The molecule has 0 unspecified atom stereocenters. The van der Waals surface area contributed by atoms with E-state index in [1.54, 1.807) is 27.8 Å². The van der Waals surface area contributed by atoms with Crippen LogP contribution in [0.1, 0.15) is 81.7 Å². The number of nitrogens with zero attached hydrogens (tertiary/aromatic N) is 4. The number of aryl methyl sites for hydroxylation is 1. The van der Waals surface area contributed by atoms with E-state index in [2.05, 4.69) is 67.3 Å². The summed E-state index contributed by atoms with van der Waals surface area (Å²) in [6.07, 6.45) is 7.55. The molecule has 2 aromatic heterocycles. The van der Waals surface area contributed by atoms with Crippen molar-refractivity contribution in [1.82, 2.24) is 20.0 Å². The fourth-order valence-electron chi connectivity index (χ4n) is 7.13. The van der Waals surface area contributed by atoms with Crippen LogP contribution in [0.4, 0.5) is 0 Å². The molecule has 2 aliphatic rings. The first-order chi connectivity index (χ1) is 19.2. The van der Waals surface area contributed by atoms with Gasteiger partial charge in [-0.1, -0.05) is 81.4 Å². The summed E-state index contributed by atoms with van der Waals surface area (Å²) in [5, 5.41) is 8.44. The first-order valence-electron chi connectivity index (χ1n) is 14.4. The number of rotatable bonds is 8. The van der Waals surface area contributed by atoms with Gasteiger partial charge in [-0.2, -0.15) is 0 Å². The third-order valence-electron chi connectivity index (χ3n) is 9.23. The van der Waals surface area contributed by atoms with E-state index in [4.69, 9.17) is 4.74 Å². The van der Waals surface area contributed by atoms with E-state index in [0.29, 0.717) is 24.2 Å². The molecule has 0 saturated heterocycles. The topological polar surface area (TPSA) is 69.9 Å². The molecule has 1 fully saturated rings. The largest absolute Gasteiger partial charge is 0.464 e. The number of esters is 1. The van der Waals surface area contributed by atoms with E-state index in [9.17, 15) is 4.79 Å². The third kappa shape index (κ3) is 5.32. The van der Waals surface area contributed by atoms with Crippen molar-refractivity contribution in [2.45, 2.75) is 87.8 Å². The summed E-state index contributed by atoms with van der Waals surface area (Å²) < 4.78 is 9.73. The predicted molar refractivity (Wildman–Crippen MR) is 162 cm³/mol. The molecule has 0 radical (unpaired) electrons. The van der Waals surface area contributed by atoms with Crippen LogP contribution in [-0.2, 0) is 33.7 Å². The molecule has 8 heteroatoms. The fraction of sp³-hybridized carbons (Fsp3) is 0.500. The van der Waals surface area contributed by atoms with Gasteiger partial charge in [-0.3, -0.25) is 4.79 Å². The lowest BCUT2D eigenvalue weighted by molar-refractivity contribution is -0.152. The molecule has 6 nitrogen and oxygen atoms in total. The number of carbonyl (C=O) groups is 1. The lowest BCUT2D eigenvalue weighted by Crippen LogP contribution is -2.51. The standard InChI is InChI=1S/C32H38N4O2S2/c1-21(2)22-10-12-25-23(16-22)11-13-28-31(3,14-7-15-32(25,28)4)20-38-29(37)18-36-17-24(34-35-36)19-39-30-33-26-8-5-6-9-27(26)40-30/h5-6,8-10,12,16-17,21,28H,7,11,13-15,18-20H2,1-4H3/t28-,31-,32+/m0/s1. The van der Waals surface area contributed by atoms with Crippen molar-refractivity contribution in [3.63, 3.8) is 0 Å². The van der Waals surface area contributed by atoms with Crippen molar-refractivity contribution in [3.05, 3.63) is 71.0 Å². The molecular weight excluding hydrogens is 537 g/mol. The SMILES string of the molecule is CC(C)c1ccc2c(c1)CC[C@H]1[C@](C)(COC(=O)Cn3cc(CSc4nc5ccccc5s4)nn3)CCC[C@]21C. The molecule has 1 saturated carbocycles. The zero-order valence-electron chi connectivity index (χ0n) is 23.9. The summed E-state index contributed by atoms with van der Waals surface area (Å²) in [6.45, 7) is 9.86. The molecule has 3 atom stereocenters. The van der Waals surface area contributed by atoms with E-state index >= 15 is 0 Å². The van der Waals surface area contributed by atoms with Crippen LogP contribution in [-0.4, -0.2) is 32.6 Å². The molecule has 0 spiro atoms. The average molecular weight is 575 g/mol. The number of ether oxygens (including phenoxy) is 1. The minimum Gasteiger partial charge on any atom is -0.464 e. The van der Waals surface area contributed by atoms with Crippen LogP contribution in [0.5, 0.6) is 0 Å². The zero-order valence-corrected chi connectivity index (χ0v) is 25.5. The van der Waals surface area contributed by atoms with Gasteiger partial charge in [-0.15, -0.1) is 16.4 Å². The summed E-state index contributed by atoms with van der Waals surface area (Å²) in [6, 6.07) is 15.3. The summed E-state index contributed by atoms with van der Waals surface area (Å²) in [5.74, 6) is 1.45. The predicted octanol–water partition coefficient (Wildman–Crippen LogP) is 7.56. The van der Waals surface area contributed by atoms with Crippen LogP contribution in [0.25, 0.3) is 10.2 Å². The first kappa shape index (κ1) is 27.5. The van der Waals surface area contributed by atoms with Gasteiger partial charge < -0.3 is 4.74 Å². The monoisotopic (exact) mass is 574 g/mol. The highest BCUT2D eigenvalue weighted by Crippen LogP contribution is 2.57. The smallest absolute Gasteiger partial charge is 0.327 e. The van der Waals surface area contributed by atoms with Gasteiger partial charge in [0.1, 0.15) is 6.54 Å². The number of benzene rings is 2. The molecule has 40 heavy (non-hydrogen) atoms. The fourth-order valence-corrected chi connectivity index (χ4v) is 9.07. The van der Waals surface area contributed by atoms with E-state index < -0.39 is 0 Å². The van der Waals surface area contributed by atoms with Crippen LogP contribution in [0, 0.1) is 11.3 Å². The summed E-state index contributed by atoms with van der Waals surface area (Å²) in [4.78, 5) is 17.6. The number of hydrogen-bond donors (Lipinski definition) is 0. The minimum atomic E-state index is -0.249. The van der Waals surface area contributed by atoms with Gasteiger partial charge in [0.25, 0.3) is 0 Å². The quantitative estimate of drug-likeness (QED) is 0.160. The van der Waals surface area contributed by atoms with E-state index in [1.807, 2.05) is 24.4 Å². The number of thioether (sulfide) groups is 1. The van der Waals surface area contributed by atoms with Crippen molar-refractivity contribution >= 4 is 39.3 Å². The van der Waals surface area contributed by atoms with Gasteiger partial charge in [0.2, 0.25) is 0 Å². The van der Waals surface area contributed by atoms with E-state index in [0.717, 1.165) is 41.2 Å². The normalized spacial score (nSPS) is 24.2. The Kier molecular flexibility index (Phi) is 7.51. The highest BCUT2D eigenvalue weighted by atomic mass is 32.2. The second kappa shape index (κ2) is 10.9. The highest BCUT2D eigenvalue weighted by molar-refractivity contribution is 8.00. The van der Waals surface area contributed by atoms with Gasteiger partial charge in [-0.05, 0) is 71.8 Å². The number of para-hydroxylation sites is 1. The molecule has 210 valence electrons. The summed E-state index contributed by atoms with van der Waals surface area (Å²) >= 11 is 3.32. The third-order valence-corrected chi connectivity index (χ3v) is 11.4. The molecule has 0 amide bonds. The molecule has 2 heterocycles. The number of thiazole rings is 1. The Morgan fingerprint density at radius 2 is 2.05 bits per heavy atom. The van der Waals surface area contributed by atoms with Crippen molar-refractivity contribution in [2.75, 3.05) is 6.61 Å². The Morgan fingerprint density at radius 1 is 1.20 bits per heavy atom. The molecule has 2 aliphatic carbocycles. The Labute approximate surface area is 244 Å². The Hall–Kier alpha value is -2.71. The maximum atomic E-state index is 12.9. The Bertz CT molecular complexity index is 1500. The first-order valence-corrected chi connectivity index (χ1v) is 16.2. The van der Waals surface area contributed by atoms with Crippen molar-refractivity contribution in [3.8, 4) is 0 Å². The number of aromatic nitrogens is 4. The van der Waals surface area contributed by atoms with Crippen LogP contribution in [0.2, 0.25) is 0 Å². The summed E-state index contributed by atoms with van der Waals surface area (Å²) in [5.41, 5.74) is 6.42. The Morgan fingerprint density at radius 3 is 2.88 bits per heavy atom. The lowest BCUT2D eigenvalue weighted by Gasteiger charge is -2.55. The van der Waals surface area contributed by atoms with Crippen molar-refractivity contribution in [2.24, 2.45) is 11.3 Å². The van der Waals surface area contributed by atoms with Crippen molar-refractivity contribution < 1.29 is 9.53 Å². The Balaban J connectivity index is 1.06. The molecule has 4 aromatic rings. The van der Waals surface area contributed by atoms with E-state index in [-0.39, 0.29) is 23.3 Å². The molecule has 0 aliphatic heterocycles. The van der Waals surface area contributed by atoms with Crippen LogP contribution < -0.4 is 0 Å². The van der Waals surface area contributed by atoms with Gasteiger partial charge in [0.05, 0.1) is 22.5 Å². The van der Waals surface area contributed by atoms with E-state index in [1.165, 1.54) is 27.8 Å². The number of fused-ring (bicyclic) bond motifs is 4. The molecular formula is C32H38N4O2S2. The minimum absolute atomic E-state index is 0.0293. The van der Waals surface area contributed by atoms with Crippen LogP contribution >= 0.6 is 23.1 Å².